The lowest BCUT2D eigenvalue weighted by atomic mass is 10.1. The van der Waals surface area contributed by atoms with Gasteiger partial charge in [0.2, 0.25) is 0 Å². The fraction of sp³-hybridized carbons (Fsp3) is 0.350. The normalized spacial score (nSPS) is 14.2. The van der Waals surface area contributed by atoms with E-state index in [4.69, 9.17) is 0 Å². The van der Waals surface area contributed by atoms with Crippen molar-refractivity contribution in [3.8, 4) is 0 Å². The Hall–Kier alpha value is -3.49. The first kappa shape index (κ1) is 20.2. The van der Waals surface area contributed by atoms with E-state index in [2.05, 4.69) is 5.32 Å². The van der Waals surface area contributed by atoms with Gasteiger partial charge in [-0.3, -0.25) is 25.0 Å². The Balaban J connectivity index is 1.88. The number of nitrogens with one attached hydrogen (secondary N) is 1. The van der Waals surface area contributed by atoms with Crippen molar-refractivity contribution < 1.29 is 14.6 Å². The van der Waals surface area contributed by atoms with Crippen molar-refractivity contribution in [1.82, 2.24) is 0 Å². The highest BCUT2D eigenvalue weighted by Gasteiger charge is 2.23. The molecule has 0 atom stereocenters. The Bertz CT molecular complexity index is 952. The van der Waals surface area contributed by atoms with Gasteiger partial charge in [0.25, 0.3) is 17.3 Å². The average molecular weight is 398 g/mol. The molecule has 152 valence electrons. The van der Waals surface area contributed by atoms with Gasteiger partial charge in [0.15, 0.2) is 0 Å². The number of aryl methyl sites for hydroxylation is 1. The molecule has 2 aromatic rings. The van der Waals surface area contributed by atoms with Crippen molar-refractivity contribution in [2.24, 2.45) is 0 Å². The van der Waals surface area contributed by atoms with Gasteiger partial charge >= 0.3 is 0 Å². The Morgan fingerprint density at radius 1 is 0.966 bits per heavy atom. The van der Waals surface area contributed by atoms with E-state index in [-0.39, 0.29) is 16.9 Å². The third-order valence-electron chi connectivity index (χ3n) is 5.06. The maximum atomic E-state index is 12.6. The van der Waals surface area contributed by atoms with Gasteiger partial charge in [0.05, 0.1) is 15.5 Å². The van der Waals surface area contributed by atoms with E-state index in [0.717, 1.165) is 38.8 Å². The fourth-order valence-electron chi connectivity index (χ4n) is 3.44. The summed E-state index contributed by atoms with van der Waals surface area (Å²) < 4.78 is 0. The summed E-state index contributed by atoms with van der Waals surface area (Å²) in [5.74, 6) is -0.556. The summed E-state index contributed by atoms with van der Waals surface area (Å²) in [6.07, 6.45) is 4.16. The molecule has 9 heteroatoms. The van der Waals surface area contributed by atoms with Crippen LogP contribution in [0.25, 0.3) is 0 Å². The van der Waals surface area contributed by atoms with Crippen molar-refractivity contribution in [2.45, 2.75) is 32.6 Å². The molecule has 29 heavy (non-hydrogen) atoms. The fourth-order valence-corrected chi connectivity index (χ4v) is 3.44. The second kappa shape index (κ2) is 8.68. The Kier molecular flexibility index (Phi) is 6.06. The number of rotatable bonds is 5. The standard InChI is InChI=1S/C20H22N4O5/c1-14-6-8-16(23(26)27)13-17(14)21-20(25)15-7-9-18(19(12-15)24(28)29)22-10-4-2-3-5-11-22/h6-9,12-13H,2-5,10-11H2,1H3,(H,21,25). The quantitative estimate of drug-likeness (QED) is 0.587. The minimum Gasteiger partial charge on any atom is -0.366 e. The maximum absolute atomic E-state index is 12.6. The van der Waals surface area contributed by atoms with Gasteiger partial charge in [-0.2, -0.15) is 0 Å². The first-order valence-electron chi connectivity index (χ1n) is 9.46. The number of carbonyl (C=O) groups is 1. The molecule has 1 heterocycles. The van der Waals surface area contributed by atoms with Gasteiger partial charge in [-0.25, -0.2) is 0 Å². The van der Waals surface area contributed by atoms with Crippen LogP contribution in [0.5, 0.6) is 0 Å². The number of anilines is 2. The van der Waals surface area contributed by atoms with Gasteiger partial charge < -0.3 is 10.2 Å². The van der Waals surface area contributed by atoms with Gasteiger partial charge in [0, 0.05) is 36.9 Å². The number of nitro groups is 2. The van der Waals surface area contributed by atoms with Crippen LogP contribution in [0.15, 0.2) is 36.4 Å². The molecule has 0 radical (unpaired) electrons. The molecule has 1 aliphatic heterocycles. The minimum absolute atomic E-state index is 0.115. The smallest absolute Gasteiger partial charge is 0.293 e. The minimum atomic E-state index is -0.556. The van der Waals surface area contributed by atoms with Crippen LogP contribution in [0.4, 0.5) is 22.7 Å². The summed E-state index contributed by atoms with van der Waals surface area (Å²) in [5.41, 5.74) is 1.33. The molecule has 1 saturated heterocycles. The molecule has 0 aromatic heterocycles. The monoisotopic (exact) mass is 398 g/mol. The molecule has 3 rings (SSSR count). The largest absolute Gasteiger partial charge is 0.366 e. The number of carbonyl (C=O) groups excluding carboxylic acids is 1. The van der Waals surface area contributed by atoms with E-state index in [0.29, 0.717) is 16.9 Å². The van der Waals surface area contributed by atoms with E-state index < -0.39 is 15.8 Å². The zero-order valence-electron chi connectivity index (χ0n) is 16.1. The van der Waals surface area contributed by atoms with Crippen LogP contribution in [-0.4, -0.2) is 28.8 Å². The average Bonchev–Trinajstić information content (AvgIpc) is 2.98. The summed E-state index contributed by atoms with van der Waals surface area (Å²) in [6.45, 7) is 3.21. The molecule has 1 aliphatic rings. The molecule has 0 spiro atoms. The van der Waals surface area contributed by atoms with E-state index in [1.165, 1.54) is 18.2 Å². The molecule has 0 saturated carbocycles. The van der Waals surface area contributed by atoms with Crippen molar-refractivity contribution in [3.05, 3.63) is 67.8 Å². The molecule has 2 aromatic carbocycles. The SMILES string of the molecule is Cc1ccc([N+](=O)[O-])cc1NC(=O)c1ccc(N2CCCCCC2)c([N+](=O)[O-])c1. The molecule has 0 unspecified atom stereocenters. The molecule has 1 fully saturated rings. The summed E-state index contributed by atoms with van der Waals surface area (Å²) >= 11 is 0. The predicted molar refractivity (Wildman–Crippen MR) is 110 cm³/mol. The van der Waals surface area contributed by atoms with Crippen LogP contribution in [0.2, 0.25) is 0 Å². The lowest BCUT2D eigenvalue weighted by Gasteiger charge is -2.22. The third-order valence-corrected chi connectivity index (χ3v) is 5.06. The highest BCUT2D eigenvalue weighted by molar-refractivity contribution is 6.05. The second-order valence-corrected chi connectivity index (χ2v) is 7.07. The van der Waals surface area contributed by atoms with Gasteiger partial charge in [0.1, 0.15) is 5.69 Å². The number of nitrogens with zero attached hydrogens (tertiary/aromatic N) is 3. The molecular weight excluding hydrogens is 376 g/mol. The van der Waals surface area contributed by atoms with Crippen LogP contribution in [0.1, 0.15) is 41.6 Å². The Morgan fingerprint density at radius 3 is 2.28 bits per heavy atom. The topological polar surface area (TPSA) is 119 Å². The zero-order valence-corrected chi connectivity index (χ0v) is 16.1. The highest BCUT2D eigenvalue weighted by atomic mass is 16.6. The van der Waals surface area contributed by atoms with Crippen molar-refractivity contribution in [1.29, 1.82) is 0 Å². The van der Waals surface area contributed by atoms with Gasteiger partial charge in [-0.05, 0) is 37.5 Å². The van der Waals surface area contributed by atoms with Crippen LogP contribution in [-0.2, 0) is 0 Å². The molecule has 1 amide bonds. The molecule has 9 nitrogen and oxygen atoms in total. The summed E-state index contributed by atoms with van der Waals surface area (Å²) in [5, 5.41) is 25.2. The lowest BCUT2D eigenvalue weighted by Crippen LogP contribution is -2.25. The van der Waals surface area contributed by atoms with Crippen molar-refractivity contribution in [2.75, 3.05) is 23.3 Å². The number of amides is 1. The number of benzene rings is 2. The van der Waals surface area contributed by atoms with E-state index in [1.807, 2.05) is 4.90 Å². The van der Waals surface area contributed by atoms with Crippen LogP contribution in [0, 0.1) is 27.2 Å². The van der Waals surface area contributed by atoms with Crippen molar-refractivity contribution >= 4 is 28.7 Å². The first-order valence-corrected chi connectivity index (χ1v) is 9.46. The van der Waals surface area contributed by atoms with Gasteiger partial charge in [-0.15, -0.1) is 0 Å². The number of non-ortho nitro benzene ring substituents is 1. The number of hydrogen-bond donors (Lipinski definition) is 1. The molecule has 0 bridgehead atoms. The number of hydrogen-bond acceptors (Lipinski definition) is 6. The second-order valence-electron chi connectivity index (χ2n) is 7.07. The molecular formula is C20H22N4O5. The van der Waals surface area contributed by atoms with Gasteiger partial charge in [-0.1, -0.05) is 18.9 Å². The summed E-state index contributed by atoms with van der Waals surface area (Å²) in [6, 6.07) is 8.59. The van der Waals surface area contributed by atoms with Crippen LogP contribution >= 0.6 is 0 Å². The summed E-state index contributed by atoms with van der Waals surface area (Å²) in [7, 11) is 0. The predicted octanol–water partition coefficient (Wildman–Crippen LogP) is 4.44. The Morgan fingerprint density at radius 2 is 1.66 bits per heavy atom. The number of nitro benzene ring substituents is 2. The highest BCUT2D eigenvalue weighted by Crippen LogP contribution is 2.31. The van der Waals surface area contributed by atoms with E-state index in [1.54, 1.807) is 25.1 Å². The van der Waals surface area contributed by atoms with Crippen LogP contribution in [0.3, 0.4) is 0 Å². The van der Waals surface area contributed by atoms with Crippen molar-refractivity contribution in [3.63, 3.8) is 0 Å². The summed E-state index contributed by atoms with van der Waals surface area (Å²) in [4.78, 5) is 36.2. The lowest BCUT2D eigenvalue weighted by molar-refractivity contribution is -0.384. The van der Waals surface area contributed by atoms with E-state index >= 15 is 0 Å². The Labute approximate surface area is 167 Å². The molecule has 0 aliphatic carbocycles. The third kappa shape index (κ3) is 4.68. The zero-order chi connectivity index (χ0) is 21.0. The first-order chi connectivity index (χ1) is 13.9. The van der Waals surface area contributed by atoms with Crippen LogP contribution < -0.4 is 10.2 Å². The maximum Gasteiger partial charge on any atom is 0.293 e. The van der Waals surface area contributed by atoms with E-state index in [9.17, 15) is 25.0 Å². The molecule has 1 N–H and O–H groups in total.